The molecule has 0 saturated carbocycles. The fraction of sp³-hybridized carbons (Fsp3) is 0.727. The second-order valence-corrected chi connectivity index (χ2v) is 7.98. The van der Waals surface area contributed by atoms with Crippen molar-refractivity contribution in [1.82, 2.24) is 10.3 Å². The first kappa shape index (κ1) is 13.8. The largest absolute Gasteiger partial charge is 0.343 e. The predicted molar refractivity (Wildman–Crippen MR) is 75.1 cm³/mol. The zero-order chi connectivity index (χ0) is 13.3. The van der Waals surface area contributed by atoms with E-state index in [-0.39, 0.29) is 17.5 Å². The van der Waals surface area contributed by atoms with Gasteiger partial charge in [-0.25, -0.2) is 13.4 Å². The predicted octanol–water partition coefficient (Wildman–Crippen LogP) is 0.794. The average molecular weight is 289 g/mol. The Hall–Kier alpha value is -0.660. The highest BCUT2D eigenvalue weighted by Crippen LogP contribution is 2.29. The van der Waals surface area contributed by atoms with Gasteiger partial charge in [0.05, 0.1) is 17.2 Å². The molecule has 2 rings (SSSR count). The Morgan fingerprint density at radius 1 is 1.56 bits per heavy atom. The van der Waals surface area contributed by atoms with Crippen LogP contribution < -0.4 is 10.2 Å². The van der Waals surface area contributed by atoms with E-state index in [9.17, 15) is 8.42 Å². The topological polar surface area (TPSA) is 62.3 Å². The molecule has 0 amide bonds. The van der Waals surface area contributed by atoms with Gasteiger partial charge in [-0.15, -0.1) is 11.3 Å². The van der Waals surface area contributed by atoms with E-state index in [1.807, 2.05) is 20.9 Å². The Morgan fingerprint density at radius 3 is 2.89 bits per heavy atom. The molecule has 1 unspecified atom stereocenters. The lowest BCUT2D eigenvalue weighted by Gasteiger charge is -2.32. The zero-order valence-corrected chi connectivity index (χ0v) is 12.6. The summed E-state index contributed by atoms with van der Waals surface area (Å²) in [5, 5.41) is 4.07. The third-order valence-electron chi connectivity index (χ3n) is 3.13. The van der Waals surface area contributed by atoms with Gasteiger partial charge in [-0.1, -0.05) is 0 Å². The third-order valence-corrected chi connectivity index (χ3v) is 6.12. The zero-order valence-electron chi connectivity index (χ0n) is 10.9. The number of aryl methyl sites for hydroxylation is 1. The van der Waals surface area contributed by atoms with Crippen LogP contribution in [0.2, 0.25) is 0 Å². The van der Waals surface area contributed by atoms with Gasteiger partial charge in [-0.2, -0.15) is 0 Å². The Labute approximate surface area is 112 Å². The first-order valence-electron chi connectivity index (χ1n) is 6.01. The van der Waals surface area contributed by atoms with Crippen molar-refractivity contribution >= 4 is 26.3 Å². The van der Waals surface area contributed by atoms with Crippen LogP contribution in [0.4, 0.5) is 5.13 Å². The summed E-state index contributed by atoms with van der Waals surface area (Å²) in [6.45, 7) is 5.31. The Kier molecular flexibility index (Phi) is 3.93. The SMILES string of the molecule is CNCc1sc(N2CCS(=O)(=O)CC2C)nc1C. The summed E-state index contributed by atoms with van der Waals surface area (Å²) in [5.41, 5.74) is 1.03. The van der Waals surface area contributed by atoms with Crippen LogP contribution in [0.25, 0.3) is 0 Å². The maximum atomic E-state index is 11.6. The van der Waals surface area contributed by atoms with Crippen LogP contribution >= 0.6 is 11.3 Å². The van der Waals surface area contributed by atoms with Crippen molar-refractivity contribution in [3.05, 3.63) is 10.6 Å². The molecule has 0 radical (unpaired) electrons. The van der Waals surface area contributed by atoms with Gasteiger partial charge in [-0.3, -0.25) is 0 Å². The highest BCUT2D eigenvalue weighted by atomic mass is 32.2. The molecule has 1 fully saturated rings. The van der Waals surface area contributed by atoms with E-state index in [2.05, 4.69) is 15.2 Å². The maximum absolute atomic E-state index is 11.6. The van der Waals surface area contributed by atoms with Crippen LogP contribution in [0, 0.1) is 6.92 Å². The summed E-state index contributed by atoms with van der Waals surface area (Å²) in [4.78, 5) is 7.89. The van der Waals surface area contributed by atoms with Crippen LogP contribution in [0.15, 0.2) is 0 Å². The van der Waals surface area contributed by atoms with Gasteiger partial charge < -0.3 is 10.2 Å². The standard InChI is InChI=1S/C11H19N3O2S2/c1-8-7-18(15,16)5-4-14(8)11-13-9(2)10(17-11)6-12-3/h8,12H,4-7H2,1-3H3. The lowest BCUT2D eigenvalue weighted by Crippen LogP contribution is -2.46. The van der Waals surface area contributed by atoms with Gasteiger partial charge in [0.15, 0.2) is 15.0 Å². The molecule has 0 bridgehead atoms. The van der Waals surface area contributed by atoms with Gasteiger partial charge in [0, 0.05) is 24.0 Å². The molecule has 7 heteroatoms. The van der Waals surface area contributed by atoms with Crippen LogP contribution in [0.3, 0.4) is 0 Å². The molecule has 1 aliphatic rings. The lowest BCUT2D eigenvalue weighted by molar-refractivity contribution is 0.568. The minimum atomic E-state index is -2.86. The van der Waals surface area contributed by atoms with Crippen LogP contribution in [0.5, 0.6) is 0 Å². The van der Waals surface area contributed by atoms with Gasteiger partial charge in [0.25, 0.3) is 0 Å². The molecule has 18 heavy (non-hydrogen) atoms. The molecule has 1 atom stereocenters. The second-order valence-electron chi connectivity index (χ2n) is 4.69. The quantitative estimate of drug-likeness (QED) is 0.891. The monoisotopic (exact) mass is 289 g/mol. The van der Waals surface area contributed by atoms with E-state index >= 15 is 0 Å². The average Bonchev–Trinajstić information content (AvgIpc) is 2.59. The second kappa shape index (κ2) is 5.14. The summed E-state index contributed by atoms with van der Waals surface area (Å²) >= 11 is 1.65. The van der Waals surface area contributed by atoms with Crippen molar-refractivity contribution in [3.8, 4) is 0 Å². The van der Waals surface area contributed by atoms with Crippen LogP contribution in [0.1, 0.15) is 17.5 Å². The van der Waals surface area contributed by atoms with Crippen LogP contribution in [-0.4, -0.2) is 44.5 Å². The van der Waals surface area contributed by atoms with Crippen molar-refractivity contribution < 1.29 is 8.42 Å². The minimum Gasteiger partial charge on any atom is -0.343 e. The third kappa shape index (κ3) is 2.84. The number of rotatable bonds is 3. The molecule has 1 aromatic heterocycles. The van der Waals surface area contributed by atoms with E-state index < -0.39 is 9.84 Å². The number of anilines is 1. The van der Waals surface area contributed by atoms with E-state index in [1.165, 1.54) is 4.88 Å². The van der Waals surface area contributed by atoms with Crippen molar-refractivity contribution in [2.75, 3.05) is 30.0 Å². The van der Waals surface area contributed by atoms with E-state index in [4.69, 9.17) is 0 Å². The summed E-state index contributed by atoms with van der Waals surface area (Å²) in [6, 6.07) is 0.0109. The summed E-state index contributed by atoms with van der Waals surface area (Å²) in [6.07, 6.45) is 0. The van der Waals surface area contributed by atoms with Gasteiger partial charge in [-0.05, 0) is 20.9 Å². The fourth-order valence-corrected chi connectivity index (χ4v) is 4.90. The van der Waals surface area contributed by atoms with Crippen molar-refractivity contribution in [1.29, 1.82) is 0 Å². The first-order chi connectivity index (χ1) is 8.43. The Balaban J connectivity index is 2.19. The molecule has 102 valence electrons. The lowest BCUT2D eigenvalue weighted by atomic mass is 10.3. The molecule has 1 N–H and O–H groups in total. The maximum Gasteiger partial charge on any atom is 0.186 e. The molecule has 5 nitrogen and oxygen atoms in total. The number of hydrogen-bond donors (Lipinski definition) is 1. The normalized spacial score (nSPS) is 23.3. The fourth-order valence-electron chi connectivity index (χ4n) is 2.14. The Morgan fingerprint density at radius 2 is 2.28 bits per heavy atom. The molecule has 0 spiro atoms. The van der Waals surface area contributed by atoms with Crippen molar-refractivity contribution in [2.45, 2.75) is 26.4 Å². The summed E-state index contributed by atoms with van der Waals surface area (Å²) < 4.78 is 23.1. The highest BCUT2D eigenvalue weighted by molar-refractivity contribution is 7.91. The van der Waals surface area contributed by atoms with Gasteiger partial charge in [0.1, 0.15) is 0 Å². The molecule has 0 aliphatic carbocycles. The Bertz CT molecular complexity index is 524. The molecule has 0 aromatic carbocycles. The number of nitrogens with one attached hydrogen (secondary N) is 1. The van der Waals surface area contributed by atoms with Crippen molar-refractivity contribution in [3.63, 3.8) is 0 Å². The molecule has 1 aromatic rings. The molecule has 2 heterocycles. The summed E-state index contributed by atoms with van der Waals surface area (Å²) in [7, 11) is -0.952. The van der Waals surface area contributed by atoms with Crippen molar-refractivity contribution in [2.24, 2.45) is 0 Å². The minimum absolute atomic E-state index is 0.0109. The van der Waals surface area contributed by atoms with E-state index in [1.54, 1.807) is 11.3 Å². The molecular formula is C11H19N3O2S2. The number of hydrogen-bond acceptors (Lipinski definition) is 6. The first-order valence-corrected chi connectivity index (χ1v) is 8.64. The molecule has 1 saturated heterocycles. The van der Waals surface area contributed by atoms with Gasteiger partial charge in [0.2, 0.25) is 0 Å². The highest BCUT2D eigenvalue weighted by Gasteiger charge is 2.30. The number of sulfone groups is 1. The smallest absolute Gasteiger partial charge is 0.186 e. The number of aromatic nitrogens is 1. The van der Waals surface area contributed by atoms with E-state index in [0.29, 0.717) is 6.54 Å². The van der Waals surface area contributed by atoms with E-state index in [0.717, 1.165) is 17.4 Å². The molecular weight excluding hydrogens is 270 g/mol. The van der Waals surface area contributed by atoms with Crippen LogP contribution in [-0.2, 0) is 16.4 Å². The summed E-state index contributed by atoms with van der Waals surface area (Å²) in [5.74, 6) is 0.463. The number of nitrogens with zero attached hydrogens (tertiary/aromatic N) is 2. The molecule has 1 aliphatic heterocycles. The number of thiazole rings is 1. The van der Waals surface area contributed by atoms with Gasteiger partial charge >= 0.3 is 0 Å².